The van der Waals surface area contributed by atoms with E-state index in [1.807, 2.05) is 18.2 Å². The van der Waals surface area contributed by atoms with Gasteiger partial charge >= 0.3 is 5.97 Å². The van der Waals surface area contributed by atoms with Gasteiger partial charge in [-0.05, 0) is 37.0 Å². The topological polar surface area (TPSA) is 37.3 Å². The number of carbonyl (C=O) groups is 1. The van der Waals surface area contributed by atoms with Gasteiger partial charge in [-0.1, -0.05) is 30.4 Å². The van der Waals surface area contributed by atoms with Gasteiger partial charge in [0.05, 0.1) is 0 Å². The molecule has 1 N–H and O–H groups in total. The summed E-state index contributed by atoms with van der Waals surface area (Å²) in [5.41, 5.74) is 3.66. The van der Waals surface area contributed by atoms with Crippen molar-refractivity contribution in [1.29, 1.82) is 0 Å². The van der Waals surface area contributed by atoms with E-state index in [-0.39, 0.29) is 6.42 Å². The molecule has 0 aliphatic rings. The lowest BCUT2D eigenvalue weighted by Crippen LogP contribution is -1.91. The van der Waals surface area contributed by atoms with Crippen molar-refractivity contribution in [3.63, 3.8) is 0 Å². The van der Waals surface area contributed by atoms with Crippen LogP contribution < -0.4 is 0 Å². The molecule has 0 amide bonds. The molecule has 0 radical (unpaired) electrons. The fourth-order valence-corrected chi connectivity index (χ4v) is 1.29. The second kappa shape index (κ2) is 5.35. The largest absolute Gasteiger partial charge is 0.481 e. The number of rotatable bonds is 4. The molecule has 0 fully saturated rings. The van der Waals surface area contributed by atoms with Crippen molar-refractivity contribution in [2.24, 2.45) is 0 Å². The highest BCUT2D eigenvalue weighted by Crippen LogP contribution is 2.11. The highest BCUT2D eigenvalue weighted by atomic mass is 16.4. The van der Waals surface area contributed by atoms with Crippen molar-refractivity contribution in [1.82, 2.24) is 0 Å². The fourth-order valence-electron chi connectivity index (χ4n) is 1.29. The lowest BCUT2D eigenvalue weighted by molar-refractivity contribution is -0.136. The van der Waals surface area contributed by atoms with Crippen LogP contribution in [0.3, 0.4) is 0 Å². The third kappa shape index (κ3) is 3.98. The molecule has 1 rings (SSSR count). The normalized spacial score (nSPS) is 10.8. The van der Waals surface area contributed by atoms with Crippen LogP contribution in [0.2, 0.25) is 0 Å². The standard InChI is InChI=1S/C13H16O2/c1-10-7-8-12(9-11(10)2)5-3-4-6-13(14)15/h3,5,7-9H,4,6H2,1-2H3,(H,14,15)/b5-3+. The number of carboxylic acid groups (broad SMARTS) is 1. The van der Waals surface area contributed by atoms with Gasteiger partial charge in [0.1, 0.15) is 0 Å². The van der Waals surface area contributed by atoms with E-state index in [9.17, 15) is 4.79 Å². The molecule has 0 heterocycles. The maximum atomic E-state index is 10.3. The van der Waals surface area contributed by atoms with E-state index in [0.29, 0.717) is 6.42 Å². The van der Waals surface area contributed by atoms with Crippen molar-refractivity contribution in [2.75, 3.05) is 0 Å². The molecule has 0 aromatic heterocycles. The SMILES string of the molecule is Cc1ccc(/C=C/CCC(=O)O)cc1C. The number of aryl methyl sites for hydroxylation is 2. The Morgan fingerprint density at radius 1 is 1.33 bits per heavy atom. The zero-order valence-electron chi connectivity index (χ0n) is 9.16. The molecule has 0 saturated heterocycles. The molecule has 0 unspecified atom stereocenters. The van der Waals surface area contributed by atoms with Crippen LogP contribution in [0.1, 0.15) is 29.5 Å². The average Bonchev–Trinajstić information content (AvgIpc) is 2.18. The third-order valence-corrected chi connectivity index (χ3v) is 2.37. The Bertz CT molecular complexity index is 378. The molecule has 0 aliphatic heterocycles. The molecule has 0 atom stereocenters. The maximum Gasteiger partial charge on any atom is 0.303 e. The quantitative estimate of drug-likeness (QED) is 0.817. The van der Waals surface area contributed by atoms with Gasteiger partial charge < -0.3 is 5.11 Å². The average molecular weight is 204 g/mol. The molecule has 1 aromatic rings. The highest BCUT2D eigenvalue weighted by molar-refractivity contribution is 5.67. The number of aliphatic carboxylic acids is 1. The van der Waals surface area contributed by atoms with Gasteiger partial charge in [0.25, 0.3) is 0 Å². The van der Waals surface area contributed by atoms with Crippen molar-refractivity contribution in [2.45, 2.75) is 26.7 Å². The summed E-state index contributed by atoms with van der Waals surface area (Å²) in [7, 11) is 0. The van der Waals surface area contributed by atoms with Crippen LogP contribution in [-0.4, -0.2) is 11.1 Å². The zero-order chi connectivity index (χ0) is 11.3. The lowest BCUT2D eigenvalue weighted by atomic mass is 10.1. The summed E-state index contributed by atoms with van der Waals surface area (Å²) >= 11 is 0. The van der Waals surface area contributed by atoms with E-state index in [4.69, 9.17) is 5.11 Å². The minimum absolute atomic E-state index is 0.196. The van der Waals surface area contributed by atoms with Crippen molar-refractivity contribution in [3.8, 4) is 0 Å². The third-order valence-electron chi connectivity index (χ3n) is 2.37. The minimum atomic E-state index is -0.750. The van der Waals surface area contributed by atoms with Crippen LogP contribution >= 0.6 is 0 Å². The van der Waals surface area contributed by atoms with Gasteiger partial charge in [-0.15, -0.1) is 0 Å². The molecule has 0 aliphatic carbocycles. The number of hydrogen-bond acceptors (Lipinski definition) is 1. The number of allylic oxidation sites excluding steroid dienone is 1. The first-order valence-corrected chi connectivity index (χ1v) is 5.05. The van der Waals surface area contributed by atoms with Crippen LogP contribution in [0.25, 0.3) is 6.08 Å². The first-order valence-electron chi connectivity index (χ1n) is 5.05. The van der Waals surface area contributed by atoms with Crippen LogP contribution in [-0.2, 0) is 4.79 Å². The Labute approximate surface area is 90.3 Å². The second-order valence-corrected chi connectivity index (χ2v) is 3.68. The molecular formula is C13H16O2. The molecule has 15 heavy (non-hydrogen) atoms. The molecule has 0 saturated carbocycles. The molecule has 80 valence electrons. The van der Waals surface area contributed by atoms with Crippen LogP contribution in [0, 0.1) is 13.8 Å². The molecular weight excluding hydrogens is 188 g/mol. The Balaban J connectivity index is 2.57. The van der Waals surface area contributed by atoms with Crippen LogP contribution in [0.4, 0.5) is 0 Å². The summed E-state index contributed by atoms with van der Waals surface area (Å²) in [5.74, 6) is -0.750. The van der Waals surface area contributed by atoms with E-state index < -0.39 is 5.97 Å². The summed E-state index contributed by atoms with van der Waals surface area (Å²) in [6.07, 6.45) is 4.65. The van der Waals surface area contributed by atoms with Crippen LogP contribution in [0.15, 0.2) is 24.3 Å². The fraction of sp³-hybridized carbons (Fsp3) is 0.308. The van der Waals surface area contributed by atoms with E-state index >= 15 is 0 Å². The van der Waals surface area contributed by atoms with E-state index in [0.717, 1.165) is 5.56 Å². The Kier molecular flexibility index (Phi) is 4.10. The Morgan fingerprint density at radius 2 is 2.07 bits per heavy atom. The van der Waals surface area contributed by atoms with Gasteiger partial charge in [-0.25, -0.2) is 0 Å². The van der Waals surface area contributed by atoms with Crippen molar-refractivity contribution < 1.29 is 9.90 Å². The summed E-state index contributed by atoms with van der Waals surface area (Å²) in [6, 6.07) is 6.22. The molecule has 2 heteroatoms. The first-order chi connectivity index (χ1) is 7.09. The predicted octanol–water partition coefficient (Wildman–Crippen LogP) is 3.18. The minimum Gasteiger partial charge on any atom is -0.481 e. The lowest BCUT2D eigenvalue weighted by Gasteiger charge is -2.00. The predicted molar refractivity (Wildman–Crippen MR) is 61.8 cm³/mol. The Morgan fingerprint density at radius 3 is 2.67 bits per heavy atom. The zero-order valence-corrected chi connectivity index (χ0v) is 9.16. The van der Waals surface area contributed by atoms with Gasteiger partial charge in [0.15, 0.2) is 0 Å². The summed E-state index contributed by atoms with van der Waals surface area (Å²) in [4.78, 5) is 10.3. The van der Waals surface area contributed by atoms with Crippen LogP contribution in [0.5, 0.6) is 0 Å². The van der Waals surface area contributed by atoms with E-state index in [2.05, 4.69) is 26.0 Å². The van der Waals surface area contributed by atoms with E-state index in [1.165, 1.54) is 11.1 Å². The molecule has 0 bridgehead atoms. The summed E-state index contributed by atoms with van der Waals surface area (Å²) < 4.78 is 0. The van der Waals surface area contributed by atoms with Gasteiger partial charge in [0, 0.05) is 6.42 Å². The smallest absolute Gasteiger partial charge is 0.303 e. The van der Waals surface area contributed by atoms with Crippen molar-refractivity contribution >= 4 is 12.0 Å². The second-order valence-electron chi connectivity index (χ2n) is 3.68. The Hall–Kier alpha value is -1.57. The summed E-state index contributed by atoms with van der Waals surface area (Å²) in [5, 5.41) is 8.46. The number of benzene rings is 1. The van der Waals surface area contributed by atoms with E-state index in [1.54, 1.807) is 0 Å². The van der Waals surface area contributed by atoms with Gasteiger partial charge in [-0.2, -0.15) is 0 Å². The molecule has 2 nitrogen and oxygen atoms in total. The van der Waals surface area contributed by atoms with Crippen molar-refractivity contribution in [3.05, 3.63) is 41.0 Å². The van der Waals surface area contributed by atoms with Gasteiger partial charge in [0.2, 0.25) is 0 Å². The first kappa shape index (κ1) is 11.5. The monoisotopic (exact) mass is 204 g/mol. The maximum absolute atomic E-state index is 10.3. The number of carboxylic acids is 1. The summed E-state index contributed by atoms with van der Waals surface area (Å²) in [6.45, 7) is 4.15. The number of hydrogen-bond donors (Lipinski definition) is 1. The molecule has 0 spiro atoms. The highest BCUT2D eigenvalue weighted by Gasteiger charge is 1.94. The molecule has 1 aromatic carbocycles. The van der Waals surface area contributed by atoms with Gasteiger partial charge in [-0.3, -0.25) is 4.79 Å².